The van der Waals surface area contributed by atoms with Crippen molar-refractivity contribution in [2.75, 3.05) is 6.54 Å². The van der Waals surface area contributed by atoms with Gasteiger partial charge in [0, 0.05) is 12.7 Å². The number of rotatable bonds is 5. The predicted molar refractivity (Wildman–Crippen MR) is 74.5 cm³/mol. The maximum atomic E-state index is 11.1. The van der Waals surface area contributed by atoms with Gasteiger partial charge in [-0.2, -0.15) is 5.10 Å². The standard InChI is InChI=1S/C13H15ClN4O/c1-2-16-6-9-4-3-5-11(14)12(9)18-8-10(7-17-18)13(15)19/h3-5,7-8,16H,2,6H2,1H3,(H2,15,19). The van der Waals surface area contributed by atoms with Crippen molar-refractivity contribution in [2.45, 2.75) is 13.5 Å². The van der Waals surface area contributed by atoms with Gasteiger partial charge in [0.1, 0.15) is 0 Å². The Morgan fingerprint density at radius 1 is 1.53 bits per heavy atom. The molecule has 0 radical (unpaired) electrons. The van der Waals surface area contributed by atoms with Crippen LogP contribution in [0.25, 0.3) is 5.69 Å². The Balaban J connectivity index is 2.44. The summed E-state index contributed by atoms with van der Waals surface area (Å²) in [5.74, 6) is -0.508. The Bertz CT molecular complexity index is 594. The highest BCUT2D eigenvalue weighted by Crippen LogP contribution is 2.24. The van der Waals surface area contributed by atoms with Crippen molar-refractivity contribution >= 4 is 17.5 Å². The molecule has 0 atom stereocenters. The van der Waals surface area contributed by atoms with Crippen LogP contribution in [0.3, 0.4) is 0 Å². The zero-order valence-corrected chi connectivity index (χ0v) is 11.3. The molecular formula is C13H15ClN4O. The summed E-state index contributed by atoms with van der Waals surface area (Å²) >= 11 is 6.23. The molecule has 0 aliphatic carbocycles. The maximum absolute atomic E-state index is 11.1. The molecule has 2 aromatic rings. The highest BCUT2D eigenvalue weighted by atomic mass is 35.5. The number of amides is 1. The molecule has 5 nitrogen and oxygen atoms in total. The normalized spacial score (nSPS) is 10.6. The quantitative estimate of drug-likeness (QED) is 0.875. The first kappa shape index (κ1) is 13.6. The number of hydrogen-bond donors (Lipinski definition) is 2. The lowest BCUT2D eigenvalue weighted by Gasteiger charge is -2.11. The third-order valence-electron chi connectivity index (χ3n) is 2.73. The number of primary amides is 1. The summed E-state index contributed by atoms with van der Waals surface area (Å²) in [4.78, 5) is 11.1. The number of para-hydroxylation sites is 1. The number of carbonyl (C=O) groups is 1. The van der Waals surface area contributed by atoms with Gasteiger partial charge >= 0.3 is 0 Å². The topological polar surface area (TPSA) is 72.9 Å². The molecule has 3 N–H and O–H groups in total. The predicted octanol–water partition coefficient (Wildman–Crippen LogP) is 1.73. The molecule has 0 aliphatic heterocycles. The maximum Gasteiger partial charge on any atom is 0.251 e. The monoisotopic (exact) mass is 278 g/mol. The summed E-state index contributed by atoms with van der Waals surface area (Å²) in [6.45, 7) is 3.57. The first-order valence-electron chi connectivity index (χ1n) is 5.96. The summed E-state index contributed by atoms with van der Waals surface area (Å²) in [6.07, 6.45) is 3.02. The van der Waals surface area contributed by atoms with Crippen LogP contribution in [0, 0.1) is 0 Å². The Kier molecular flexibility index (Phi) is 4.19. The molecule has 2 rings (SSSR count). The first-order chi connectivity index (χ1) is 9.13. The van der Waals surface area contributed by atoms with Gasteiger partial charge in [-0.3, -0.25) is 4.79 Å². The summed E-state index contributed by atoms with van der Waals surface area (Å²) in [5, 5.41) is 7.96. The molecule has 0 bridgehead atoms. The van der Waals surface area contributed by atoms with Gasteiger partial charge in [0.05, 0.1) is 22.5 Å². The van der Waals surface area contributed by atoms with Crippen molar-refractivity contribution in [1.82, 2.24) is 15.1 Å². The van der Waals surface area contributed by atoms with E-state index in [0.29, 0.717) is 17.1 Å². The van der Waals surface area contributed by atoms with Crippen molar-refractivity contribution in [3.63, 3.8) is 0 Å². The molecule has 0 fully saturated rings. The van der Waals surface area contributed by atoms with Crippen LogP contribution in [-0.2, 0) is 6.54 Å². The third-order valence-corrected chi connectivity index (χ3v) is 3.04. The number of benzene rings is 1. The van der Waals surface area contributed by atoms with Crippen molar-refractivity contribution in [2.24, 2.45) is 5.73 Å². The highest BCUT2D eigenvalue weighted by molar-refractivity contribution is 6.32. The molecule has 0 saturated heterocycles. The molecular weight excluding hydrogens is 264 g/mol. The van der Waals surface area contributed by atoms with Crippen molar-refractivity contribution < 1.29 is 4.79 Å². The number of nitrogens with one attached hydrogen (secondary N) is 1. The molecule has 0 spiro atoms. The minimum Gasteiger partial charge on any atom is -0.366 e. The summed E-state index contributed by atoms with van der Waals surface area (Å²) in [5.41, 5.74) is 7.35. The van der Waals surface area contributed by atoms with Gasteiger partial charge in [0.25, 0.3) is 5.91 Å². The van der Waals surface area contributed by atoms with E-state index in [4.69, 9.17) is 17.3 Å². The molecule has 0 saturated carbocycles. The van der Waals surface area contributed by atoms with E-state index in [1.807, 2.05) is 19.1 Å². The molecule has 6 heteroatoms. The number of carbonyl (C=O) groups excluding carboxylic acids is 1. The van der Waals surface area contributed by atoms with Crippen LogP contribution in [0.15, 0.2) is 30.6 Å². The zero-order valence-electron chi connectivity index (χ0n) is 10.6. The van der Waals surface area contributed by atoms with Crippen LogP contribution in [0.4, 0.5) is 0 Å². The fraction of sp³-hybridized carbons (Fsp3) is 0.231. The molecule has 0 aliphatic rings. The summed E-state index contributed by atoms with van der Waals surface area (Å²) < 4.78 is 1.58. The van der Waals surface area contributed by atoms with Crippen molar-refractivity contribution in [3.05, 3.63) is 46.7 Å². The van der Waals surface area contributed by atoms with E-state index in [1.165, 1.54) is 6.20 Å². The van der Waals surface area contributed by atoms with E-state index in [-0.39, 0.29) is 0 Å². The Labute approximate surface area is 116 Å². The number of nitrogens with two attached hydrogens (primary N) is 1. The lowest BCUT2D eigenvalue weighted by Crippen LogP contribution is -2.14. The average Bonchev–Trinajstić information content (AvgIpc) is 2.85. The van der Waals surface area contributed by atoms with Gasteiger partial charge in [-0.1, -0.05) is 30.7 Å². The first-order valence-corrected chi connectivity index (χ1v) is 6.34. The third kappa shape index (κ3) is 2.94. The van der Waals surface area contributed by atoms with Gasteiger partial charge in [-0.15, -0.1) is 0 Å². The Morgan fingerprint density at radius 3 is 2.95 bits per heavy atom. The van der Waals surface area contributed by atoms with E-state index in [2.05, 4.69) is 10.4 Å². The van der Waals surface area contributed by atoms with Gasteiger partial charge in [-0.05, 0) is 18.2 Å². The largest absolute Gasteiger partial charge is 0.366 e. The number of halogens is 1. The molecule has 19 heavy (non-hydrogen) atoms. The fourth-order valence-electron chi connectivity index (χ4n) is 1.79. The molecule has 100 valence electrons. The lowest BCUT2D eigenvalue weighted by atomic mass is 10.1. The second kappa shape index (κ2) is 5.86. The Morgan fingerprint density at radius 2 is 2.32 bits per heavy atom. The van der Waals surface area contributed by atoms with Crippen LogP contribution < -0.4 is 11.1 Å². The highest BCUT2D eigenvalue weighted by Gasteiger charge is 2.12. The second-order valence-corrected chi connectivity index (χ2v) is 4.47. The van der Waals surface area contributed by atoms with Gasteiger partial charge in [-0.25, -0.2) is 4.68 Å². The minimum absolute atomic E-state index is 0.356. The van der Waals surface area contributed by atoms with Crippen LogP contribution >= 0.6 is 11.6 Å². The smallest absolute Gasteiger partial charge is 0.251 e. The second-order valence-electron chi connectivity index (χ2n) is 4.07. The number of aromatic nitrogens is 2. The van der Waals surface area contributed by atoms with Crippen LogP contribution in [-0.4, -0.2) is 22.2 Å². The van der Waals surface area contributed by atoms with E-state index in [0.717, 1.165) is 17.8 Å². The summed E-state index contributed by atoms with van der Waals surface area (Å²) in [6, 6.07) is 5.64. The van der Waals surface area contributed by atoms with Gasteiger partial charge in [0.15, 0.2) is 0 Å². The van der Waals surface area contributed by atoms with Crippen LogP contribution in [0.2, 0.25) is 5.02 Å². The molecule has 1 aromatic heterocycles. The minimum atomic E-state index is -0.508. The van der Waals surface area contributed by atoms with Crippen LogP contribution in [0.5, 0.6) is 0 Å². The average molecular weight is 279 g/mol. The van der Waals surface area contributed by atoms with E-state index < -0.39 is 5.91 Å². The zero-order chi connectivity index (χ0) is 13.8. The Hall–Kier alpha value is -1.85. The van der Waals surface area contributed by atoms with Crippen LogP contribution in [0.1, 0.15) is 22.8 Å². The molecule has 1 aromatic carbocycles. The van der Waals surface area contributed by atoms with E-state index >= 15 is 0 Å². The number of nitrogens with zero attached hydrogens (tertiary/aromatic N) is 2. The van der Waals surface area contributed by atoms with Crippen molar-refractivity contribution in [1.29, 1.82) is 0 Å². The summed E-state index contributed by atoms with van der Waals surface area (Å²) in [7, 11) is 0. The molecule has 1 heterocycles. The molecule has 0 unspecified atom stereocenters. The number of hydrogen-bond acceptors (Lipinski definition) is 3. The SMILES string of the molecule is CCNCc1cccc(Cl)c1-n1cc(C(N)=O)cn1. The van der Waals surface area contributed by atoms with E-state index in [9.17, 15) is 4.79 Å². The van der Waals surface area contributed by atoms with Gasteiger partial charge in [0.2, 0.25) is 0 Å². The van der Waals surface area contributed by atoms with Crippen molar-refractivity contribution in [3.8, 4) is 5.69 Å². The van der Waals surface area contributed by atoms with E-state index in [1.54, 1.807) is 16.9 Å². The van der Waals surface area contributed by atoms with Gasteiger partial charge < -0.3 is 11.1 Å². The fourth-order valence-corrected chi connectivity index (χ4v) is 2.07. The lowest BCUT2D eigenvalue weighted by molar-refractivity contribution is 0.100. The molecule has 1 amide bonds.